The Labute approximate surface area is 152 Å². The van der Waals surface area contributed by atoms with Crippen LogP contribution in [-0.2, 0) is 4.79 Å². The van der Waals surface area contributed by atoms with Gasteiger partial charge in [0.25, 0.3) is 0 Å². The summed E-state index contributed by atoms with van der Waals surface area (Å²) < 4.78 is 5.21. The summed E-state index contributed by atoms with van der Waals surface area (Å²) in [6.45, 7) is 8.56. The summed E-state index contributed by atoms with van der Waals surface area (Å²) >= 11 is 0. The third-order valence-electron chi connectivity index (χ3n) is 4.83. The Morgan fingerprint density at radius 1 is 1.16 bits per heavy atom. The number of carbonyl (C=O) groups excluding carboxylic acids is 1. The summed E-state index contributed by atoms with van der Waals surface area (Å²) in [5, 5.41) is 3.13. The topological polar surface area (TPSA) is 44.8 Å². The number of anilines is 1. The average molecular weight is 348 g/mol. The Kier molecular flexibility index (Phi) is 8.06. The summed E-state index contributed by atoms with van der Waals surface area (Å²) in [4.78, 5) is 16.8. The lowest BCUT2D eigenvalue weighted by atomic mass is 10.1. The summed E-state index contributed by atoms with van der Waals surface area (Å²) in [5.41, 5.74) is 1.22. The highest BCUT2D eigenvalue weighted by molar-refractivity contribution is 5.78. The minimum absolute atomic E-state index is 0.155. The zero-order valence-electron chi connectivity index (χ0n) is 16.0. The fourth-order valence-corrected chi connectivity index (χ4v) is 3.25. The maximum absolute atomic E-state index is 12.2. The van der Waals surface area contributed by atoms with E-state index in [0.29, 0.717) is 6.54 Å². The highest BCUT2D eigenvalue weighted by Crippen LogP contribution is 2.20. The van der Waals surface area contributed by atoms with Crippen LogP contribution < -0.4 is 15.0 Å². The number of carbonyl (C=O) groups is 1. The van der Waals surface area contributed by atoms with Crippen LogP contribution in [0.2, 0.25) is 0 Å². The van der Waals surface area contributed by atoms with E-state index in [1.54, 1.807) is 7.11 Å². The van der Waals surface area contributed by atoms with Gasteiger partial charge < -0.3 is 15.0 Å². The molecule has 1 amide bonds. The number of unbranched alkanes of at least 4 members (excludes halogenated alkanes) is 2. The lowest BCUT2D eigenvalue weighted by Crippen LogP contribution is -2.50. The average Bonchev–Trinajstić information content (AvgIpc) is 2.62. The second-order valence-corrected chi connectivity index (χ2v) is 6.93. The van der Waals surface area contributed by atoms with Gasteiger partial charge in [0.2, 0.25) is 5.91 Å². The minimum atomic E-state index is 0.155. The quantitative estimate of drug-likeness (QED) is 0.698. The molecule has 1 aliphatic rings. The first-order chi connectivity index (χ1) is 12.1. The number of amides is 1. The second-order valence-electron chi connectivity index (χ2n) is 6.93. The zero-order chi connectivity index (χ0) is 18.1. The number of ether oxygens (including phenoxy) is 1. The third-order valence-corrected chi connectivity index (χ3v) is 4.83. The molecule has 1 heterocycles. The molecule has 25 heavy (non-hydrogen) atoms. The molecule has 140 valence electrons. The van der Waals surface area contributed by atoms with E-state index < -0.39 is 0 Å². The molecule has 1 atom stereocenters. The lowest BCUT2D eigenvalue weighted by Gasteiger charge is -2.36. The number of hydrogen-bond acceptors (Lipinski definition) is 4. The van der Waals surface area contributed by atoms with Crippen molar-refractivity contribution in [2.75, 3.05) is 44.7 Å². The van der Waals surface area contributed by atoms with Crippen molar-refractivity contribution < 1.29 is 9.53 Å². The first-order valence-corrected chi connectivity index (χ1v) is 9.53. The van der Waals surface area contributed by atoms with E-state index in [0.717, 1.165) is 38.3 Å². The molecule has 0 bridgehead atoms. The highest BCUT2D eigenvalue weighted by Gasteiger charge is 2.19. The van der Waals surface area contributed by atoms with Crippen molar-refractivity contribution in [1.29, 1.82) is 0 Å². The van der Waals surface area contributed by atoms with Crippen molar-refractivity contribution in [3.63, 3.8) is 0 Å². The predicted octanol–water partition coefficient (Wildman–Crippen LogP) is 2.90. The van der Waals surface area contributed by atoms with Gasteiger partial charge in [-0.3, -0.25) is 9.69 Å². The van der Waals surface area contributed by atoms with Gasteiger partial charge in [-0.1, -0.05) is 26.2 Å². The summed E-state index contributed by atoms with van der Waals surface area (Å²) in [5.74, 6) is 1.04. The highest BCUT2D eigenvalue weighted by atomic mass is 16.5. The molecule has 1 fully saturated rings. The molecule has 1 aromatic carbocycles. The number of nitrogens with one attached hydrogen (secondary N) is 1. The van der Waals surface area contributed by atoms with Crippen LogP contribution in [0.5, 0.6) is 5.75 Å². The Balaban J connectivity index is 1.69. The van der Waals surface area contributed by atoms with Gasteiger partial charge in [-0.15, -0.1) is 0 Å². The molecule has 5 nitrogen and oxygen atoms in total. The van der Waals surface area contributed by atoms with E-state index in [1.165, 1.54) is 24.9 Å². The summed E-state index contributed by atoms with van der Waals surface area (Å²) in [6, 6.07) is 8.46. The first-order valence-electron chi connectivity index (χ1n) is 9.53. The van der Waals surface area contributed by atoms with Crippen molar-refractivity contribution in [3.05, 3.63) is 24.3 Å². The van der Waals surface area contributed by atoms with Crippen LogP contribution in [0.3, 0.4) is 0 Å². The van der Waals surface area contributed by atoms with Crippen molar-refractivity contribution in [3.8, 4) is 5.75 Å². The van der Waals surface area contributed by atoms with Crippen LogP contribution in [0.15, 0.2) is 24.3 Å². The van der Waals surface area contributed by atoms with Crippen molar-refractivity contribution in [2.24, 2.45) is 0 Å². The molecule has 1 aromatic rings. The predicted molar refractivity (Wildman–Crippen MR) is 103 cm³/mol. The fraction of sp³-hybridized carbons (Fsp3) is 0.650. The molecule has 0 saturated carbocycles. The number of methoxy groups -OCH3 is 1. The van der Waals surface area contributed by atoms with E-state index in [2.05, 4.69) is 41.1 Å². The molecular weight excluding hydrogens is 314 g/mol. The van der Waals surface area contributed by atoms with Crippen molar-refractivity contribution in [1.82, 2.24) is 10.2 Å². The monoisotopic (exact) mass is 347 g/mol. The van der Waals surface area contributed by atoms with E-state index in [9.17, 15) is 4.79 Å². The molecule has 1 N–H and O–H groups in total. The third kappa shape index (κ3) is 6.58. The molecule has 5 heteroatoms. The van der Waals surface area contributed by atoms with Gasteiger partial charge in [-0.05, 0) is 37.6 Å². The van der Waals surface area contributed by atoms with Gasteiger partial charge in [0.15, 0.2) is 0 Å². The van der Waals surface area contributed by atoms with Gasteiger partial charge in [0.1, 0.15) is 5.75 Å². The van der Waals surface area contributed by atoms with Crippen LogP contribution in [0, 0.1) is 0 Å². The fourth-order valence-electron chi connectivity index (χ4n) is 3.25. The van der Waals surface area contributed by atoms with Gasteiger partial charge in [-0.25, -0.2) is 0 Å². The second kappa shape index (κ2) is 10.3. The Hall–Kier alpha value is -1.75. The van der Waals surface area contributed by atoms with Crippen LogP contribution in [-0.4, -0.2) is 56.7 Å². The normalized spacial score (nSPS) is 16.5. The number of nitrogens with zero attached hydrogens (tertiary/aromatic N) is 2. The largest absolute Gasteiger partial charge is 0.497 e. The number of benzene rings is 1. The van der Waals surface area contributed by atoms with Crippen LogP contribution in [0.1, 0.15) is 39.5 Å². The first kappa shape index (κ1) is 19.6. The van der Waals surface area contributed by atoms with Gasteiger partial charge in [0, 0.05) is 37.9 Å². The summed E-state index contributed by atoms with van der Waals surface area (Å²) in [7, 11) is 1.68. The van der Waals surface area contributed by atoms with Crippen LogP contribution in [0.4, 0.5) is 5.69 Å². The van der Waals surface area contributed by atoms with E-state index >= 15 is 0 Å². The number of piperazine rings is 1. The lowest BCUT2D eigenvalue weighted by molar-refractivity contribution is -0.123. The number of hydrogen-bond donors (Lipinski definition) is 1. The number of rotatable bonds is 9. The molecule has 0 spiro atoms. The van der Waals surface area contributed by atoms with Crippen LogP contribution in [0.25, 0.3) is 0 Å². The molecule has 1 saturated heterocycles. The minimum Gasteiger partial charge on any atom is -0.497 e. The molecule has 0 aliphatic carbocycles. The zero-order valence-corrected chi connectivity index (χ0v) is 16.0. The Morgan fingerprint density at radius 2 is 1.84 bits per heavy atom. The van der Waals surface area contributed by atoms with Crippen molar-refractivity contribution in [2.45, 2.75) is 45.6 Å². The molecule has 0 unspecified atom stereocenters. The van der Waals surface area contributed by atoms with E-state index in [1.807, 2.05) is 12.1 Å². The molecule has 0 aromatic heterocycles. The van der Waals surface area contributed by atoms with Gasteiger partial charge >= 0.3 is 0 Å². The smallest absolute Gasteiger partial charge is 0.234 e. The van der Waals surface area contributed by atoms with E-state index in [4.69, 9.17) is 4.74 Å². The molecule has 2 rings (SSSR count). The molecule has 1 aliphatic heterocycles. The maximum atomic E-state index is 12.2. The molecular formula is C20H33N3O2. The SMILES string of the molecule is CCCCC[C@H](C)NC(=O)CN1CCN(c2ccc(OC)cc2)CC1. The van der Waals surface area contributed by atoms with Crippen molar-refractivity contribution >= 4 is 11.6 Å². The Morgan fingerprint density at radius 3 is 2.44 bits per heavy atom. The van der Waals surface area contributed by atoms with Gasteiger partial charge in [-0.2, -0.15) is 0 Å². The van der Waals surface area contributed by atoms with Gasteiger partial charge in [0.05, 0.1) is 13.7 Å². The summed E-state index contributed by atoms with van der Waals surface area (Å²) in [6.07, 6.45) is 4.73. The molecule has 0 radical (unpaired) electrons. The Bertz CT molecular complexity index is 510. The standard InChI is InChI=1S/C20H33N3O2/c1-4-5-6-7-17(2)21-20(24)16-22-12-14-23(15-13-22)18-8-10-19(25-3)11-9-18/h8-11,17H,4-7,12-16H2,1-3H3,(H,21,24)/t17-/m0/s1. The van der Waals surface area contributed by atoms with Crippen LogP contribution >= 0.6 is 0 Å². The van der Waals surface area contributed by atoms with E-state index in [-0.39, 0.29) is 11.9 Å². The maximum Gasteiger partial charge on any atom is 0.234 e.